The number of fused-ring (bicyclic) bond motifs is 3. The van der Waals surface area contributed by atoms with Gasteiger partial charge in [0, 0.05) is 50.2 Å². The molecule has 6 heterocycles. The van der Waals surface area contributed by atoms with E-state index in [1.807, 2.05) is 24.3 Å². The van der Waals surface area contributed by atoms with Crippen LogP contribution < -0.4 is 10.6 Å². The van der Waals surface area contributed by atoms with Gasteiger partial charge in [0.1, 0.15) is 23.4 Å². The summed E-state index contributed by atoms with van der Waals surface area (Å²) in [5.41, 5.74) is 12.1. The van der Waals surface area contributed by atoms with Crippen LogP contribution >= 0.6 is 0 Å². The number of oxazole rings is 1. The molecule has 0 aliphatic carbocycles. The number of hydrogen-bond acceptors (Lipinski definition) is 9. The van der Waals surface area contributed by atoms with Crippen LogP contribution in [0.3, 0.4) is 0 Å². The van der Waals surface area contributed by atoms with E-state index in [0.29, 0.717) is 28.7 Å². The van der Waals surface area contributed by atoms with Crippen LogP contribution in [0.25, 0.3) is 39.7 Å². The van der Waals surface area contributed by atoms with Crippen LogP contribution in [-0.4, -0.2) is 71.7 Å². The zero-order valence-electron chi connectivity index (χ0n) is 23.5. The third-order valence-electron chi connectivity index (χ3n) is 8.16. The molecular formula is C30H31FN10O. The average molecular weight is 567 g/mol. The summed E-state index contributed by atoms with van der Waals surface area (Å²) in [5, 5.41) is 5.54. The molecule has 5 aromatic heterocycles. The van der Waals surface area contributed by atoms with Gasteiger partial charge in [0.25, 0.3) is 0 Å². The minimum absolute atomic E-state index is 0.238. The van der Waals surface area contributed by atoms with E-state index >= 15 is 0 Å². The Morgan fingerprint density at radius 1 is 0.952 bits per heavy atom. The maximum atomic E-state index is 14.9. The summed E-state index contributed by atoms with van der Waals surface area (Å²) >= 11 is 0. The molecule has 214 valence electrons. The predicted octanol–water partition coefficient (Wildman–Crippen LogP) is 4.35. The van der Waals surface area contributed by atoms with Gasteiger partial charge in [-0.05, 0) is 62.7 Å². The van der Waals surface area contributed by atoms with Crippen molar-refractivity contribution in [2.45, 2.75) is 26.8 Å². The number of nitrogen functional groups attached to an aromatic ring is 1. The molecule has 42 heavy (non-hydrogen) atoms. The molecule has 2 N–H and O–H groups in total. The van der Waals surface area contributed by atoms with Gasteiger partial charge in [0.15, 0.2) is 5.65 Å². The lowest BCUT2D eigenvalue weighted by atomic mass is 10.1. The van der Waals surface area contributed by atoms with Crippen LogP contribution in [0.4, 0.5) is 16.0 Å². The number of hydrogen-bond donors (Lipinski definition) is 1. The van der Waals surface area contributed by atoms with Crippen molar-refractivity contribution < 1.29 is 8.81 Å². The second-order valence-electron chi connectivity index (χ2n) is 10.6. The molecule has 1 aliphatic heterocycles. The molecular weight excluding hydrogens is 535 g/mol. The number of rotatable bonds is 6. The van der Waals surface area contributed by atoms with Crippen LogP contribution in [0, 0.1) is 19.7 Å². The fraction of sp³-hybridized carbons (Fsp3) is 0.300. The molecule has 0 spiro atoms. The number of nitrogens with two attached hydrogens (primary N) is 1. The molecule has 0 atom stereocenters. The molecule has 0 radical (unpaired) electrons. The van der Waals surface area contributed by atoms with E-state index in [2.05, 4.69) is 43.3 Å². The number of nitrogens with zero attached hydrogens (tertiary/aromatic N) is 9. The first-order valence-corrected chi connectivity index (χ1v) is 14.1. The van der Waals surface area contributed by atoms with Crippen molar-refractivity contribution in [1.29, 1.82) is 0 Å². The van der Waals surface area contributed by atoms with Crippen molar-refractivity contribution >= 4 is 28.3 Å². The number of benzene rings is 1. The average Bonchev–Trinajstić information content (AvgIpc) is 3.70. The third-order valence-corrected chi connectivity index (χ3v) is 8.16. The van der Waals surface area contributed by atoms with Gasteiger partial charge in [0.2, 0.25) is 17.7 Å². The Kier molecular flexibility index (Phi) is 6.54. The molecule has 1 saturated heterocycles. The molecule has 11 nitrogen and oxygen atoms in total. The van der Waals surface area contributed by atoms with Crippen LogP contribution in [0.1, 0.15) is 17.7 Å². The minimum atomic E-state index is -0.238. The van der Waals surface area contributed by atoms with Crippen molar-refractivity contribution in [3.05, 3.63) is 72.1 Å². The number of aromatic nitrogens is 7. The summed E-state index contributed by atoms with van der Waals surface area (Å²) < 4.78 is 24.1. The molecule has 1 fully saturated rings. The Balaban J connectivity index is 1.11. The Bertz CT molecular complexity index is 1880. The van der Waals surface area contributed by atoms with Gasteiger partial charge in [-0.1, -0.05) is 6.07 Å². The normalized spacial score (nSPS) is 14.7. The lowest BCUT2D eigenvalue weighted by molar-refractivity contribution is 0.281. The van der Waals surface area contributed by atoms with Gasteiger partial charge in [-0.2, -0.15) is 9.50 Å². The van der Waals surface area contributed by atoms with E-state index in [9.17, 15) is 4.39 Å². The quantitative estimate of drug-likeness (QED) is 0.314. The molecule has 1 aromatic carbocycles. The topological polar surface area (TPSA) is 119 Å². The highest BCUT2D eigenvalue weighted by atomic mass is 19.1. The Hall–Kier alpha value is -4.84. The highest BCUT2D eigenvalue weighted by Crippen LogP contribution is 2.30. The zero-order chi connectivity index (χ0) is 28.8. The SMILES string of the molecule is Cc1c(C)n(CCN2CCCN(c3cc(-c4ncco4)ccc3F)CC2)c2nc(N)n3nc(-c4ccccn4)nc3c12. The molecule has 0 saturated carbocycles. The third kappa shape index (κ3) is 4.53. The zero-order valence-corrected chi connectivity index (χ0v) is 23.5. The maximum absolute atomic E-state index is 14.9. The van der Waals surface area contributed by atoms with Gasteiger partial charge >= 0.3 is 0 Å². The first-order valence-electron chi connectivity index (χ1n) is 14.1. The summed E-state index contributed by atoms with van der Waals surface area (Å²) in [6.07, 6.45) is 5.77. The summed E-state index contributed by atoms with van der Waals surface area (Å²) in [6, 6.07) is 10.7. The fourth-order valence-corrected chi connectivity index (χ4v) is 5.83. The molecule has 0 bridgehead atoms. The van der Waals surface area contributed by atoms with Gasteiger partial charge in [-0.15, -0.1) is 5.10 Å². The van der Waals surface area contributed by atoms with E-state index < -0.39 is 0 Å². The van der Waals surface area contributed by atoms with E-state index in [0.717, 1.165) is 73.5 Å². The van der Waals surface area contributed by atoms with E-state index in [1.54, 1.807) is 23.0 Å². The maximum Gasteiger partial charge on any atom is 0.225 e. The van der Waals surface area contributed by atoms with Gasteiger partial charge in [-0.3, -0.25) is 9.88 Å². The van der Waals surface area contributed by atoms with Crippen molar-refractivity contribution in [1.82, 2.24) is 39.0 Å². The molecule has 12 heteroatoms. The summed E-state index contributed by atoms with van der Waals surface area (Å²) in [6.45, 7) is 9.00. The van der Waals surface area contributed by atoms with E-state index in [4.69, 9.17) is 20.1 Å². The van der Waals surface area contributed by atoms with Crippen molar-refractivity contribution in [3.63, 3.8) is 0 Å². The van der Waals surface area contributed by atoms with Crippen molar-refractivity contribution in [2.24, 2.45) is 0 Å². The van der Waals surface area contributed by atoms with Gasteiger partial charge < -0.3 is 19.6 Å². The highest BCUT2D eigenvalue weighted by molar-refractivity contribution is 5.95. The van der Waals surface area contributed by atoms with E-state index in [1.165, 1.54) is 12.3 Å². The molecule has 0 unspecified atom stereocenters. The van der Waals surface area contributed by atoms with Gasteiger partial charge in [0.05, 0.1) is 17.3 Å². The summed E-state index contributed by atoms with van der Waals surface area (Å²) in [5.74, 6) is 1.05. The molecule has 1 aliphatic rings. The lowest BCUT2D eigenvalue weighted by Crippen LogP contribution is -2.33. The largest absolute Gasteiger partial charge is 0.445 e. The smallest absolute Gasteiger partial charge is 0.225 e. The second kappa shape index (κ2) is 10.5. The fourth-order valence-electron chi connectivity index (χ4n) is 5.83. The summed E-state index contributed by atoms with van der Waals surface area (Å²) in [7, 11) is 0. The second-order valence-corrected chi connectivity index (χ2v) is 10.6. The number of pyridine rings is 1. The molecule has 7 rings (SSSR count). The van der Waals surface area contributed by atoms with Crippen LogP contribution in [0.2, 0.25) is 0 Å². The predicted molar refractivity (Wildman–Crippen MR) is 159 cm³/mol. The monoisotopic (exact) mass is 566 g/mol. The van der Waals surface area contributed by atoms with Crippen LogP contribution in [0.5, 0.6) is 0 Å². The van der Waals surface area contributed by atoms with Crippen LogP contribution in [0.15, 0.2) is 59.5 Å². The first-order chi connectivity index (χ1) is 20.5. The Labute approximate surface area is 241 Å². The first kappa shape index (κ1) is 26.1. The van der Waals surface area contributed by atoms with Crippen molar-refractivity contribution in [2.75, 3.05) is 43.4 Å². The number of aryl methyl sites for hydroxylation is 1. The Morgan fingerprint density at radius 3 is 2.67 bits per heavy atom. The van der Waals surface area contributed by atoms with Crippen molar-refractivity contribution in [3.8, 4) is 23.0 Å². The van der Waals surface area contributed by atoms with E-state index in [-0.39, 0.29) is 11.8 Å². The van der Waals surface area contributed by atoms with Crippen LogP contribution in [-0.2, 0) is 6.54 Å². The standard InChI is InChI=1S/C30H31FN10O/c1-19-20(2)40(27-25(19)28-35-26(23-6-3-4-9-33-23)37-41(28)30(32)36-27)16-14-38-11-5-12-39(15-13-38)24-18-21(7-8-22(24)31)29-34-10-17-42-29/h3-4,6-10,17-18H,5,11-16H2,1-2H3,(H2,32,36). The van der Waals surface area contributed by atoms with Gasteiger partial charge in [-0.25, -0.2) is 14.4 Å². The highest BCUT2D eigenvalue weighted by Gasteiger charge is 2.23. The Morgan fingerprint density at radius 2 is 1.86 bits per heavy atom. The molecule has 6 aromatic rings. The molecule has 0 amide bonds. The summed E-state index contributed by atoms with van der Waals surface area (Å²) in [4.78, 5) is 22.7. The lowest BCUT2D eigenvalue weighted by Gasteiger charge is -2.24. The number of halogens is 1. The minimum Gasteiger partial charge on any atom is -0.445 e. The number of anilines is 2.